The average Bonchev–Trinajstić information content (AvgIpc) is 3.20. The maximum atomic E-state index is 12.3. The number of hydrogen-bond acceptors (Lipinski definition) is 4. The van der Waals surface area contributed by atoms with Crippen LogP contribution in [0.15, 0.2) is 18.5 Å². The molecule has 3 heterocycles. The molecule has 7 heteroatoms. The number of ether oxygens (including phenoxy) is 1. The third kappa shape index (κ3) is 3.92. The first kappa shape index (κ1) is 17.7. The Morgan fingerprint density at radius 3 is 3.08 bits per heavy atom. The number of carbonyl (C=O) groups excluding carboxylic acids is 1. The van der Waals surface area contributed by atoms with Gasteiger partial charge in [-0.25, -0.2) is 9.78 Å². The minimum atomic E-state index is -0.0206. The molecular formula is C18H27N5O2. The van der Waals surface area contributed by atoms with Gasteiger partial charge in [0.1, 0.15) is 5.82 Å². The fourth-order valence-corrected chi connectivity index (χ4v) is 3.38. The van der Waals surface area contributed by atoms with Gasteiger partial charge in [0.15, 0.2) is 0 Å². The van der Waals surface area contributed by atoms with Gasteiger partial charge in [-0.05, 0) is 18.4 Å². The molecule has 3 rings (SSSR count). The van der Waals surface area contributed by atoms with Crippen molar-refractivity contribution in [3.8, 4) is 0 Å². The monoisotopic (exact) mass is 345 g/mol. The second kappa shape index (κ2) is 7.82. The number of imidazole rings is 1. The van der Waals surface area contributed by atoms with Crippen LogP contribution in [0.2, 0.25) is 0 Å². The van der Waals surface area contributed by atoms with Gasteiger partial charge in [0.25, 0.3) is 0 Å². The SMILES string of the molecule is COCCNC(=O)N1CCC(c2nc3ccncc3n2CC(C)C)C1. The van der Waals surface area contributed by atoms with E-state index in [1.807, 2.05) is 17.2 Å². The number of nitrogens with zero attached hydrogens (tertiary/aromatic N) is 4. The highest BCUT2D eigenvalue weighted by Crippen LogP contribution is 2.30. The number of nitrogens with one attached hydrogen (secondary N) is 1. The van der Waals surface area contributed by atoms with Gasteiger partial charge in [-0.3, -0.25) is 4.98 Å². The number of hydrogen-bond donors (Lipinski definition) is 1. The van der Waals surface area contributed by atoms with Gasteiger partial charge in [0, 0.05) is 45.4 Å². The summed E-state index contributed by atoms with van der Waals surface area (Å²) in [7, 11) is 1.63. The fraction of sp³-hybridized carbons (Fsp3) is 0.611. The number of rotatable bonds is 6. The number of methoxy groups -OCH3 is 1. The summed E-state index contributed by atoms with van der Waals surface area (Å²) in [6, 6.07) is 1.94. The van der Waals surface area contributed by atoms with Crippen LogP contribution in [0.5, 0.6) is 0 Å². The smallest absolute Gasteiger partial charge is 0.317 e. The Hall–Kier alpha value is -2.15. The van der Waals surface area contributed by atoms with E-state index < -0.39 is 0 Å². The second-order valence-electron chi connectivity index (χ2n) is 7.00. The Morgan fingerprint density at radius 2 is 2.32 bits per heavy atom. The van der Waals surface area contributed by atoms with E-state index in [9.17, 15) is 4.79 Å². The van der Waals surface area contributed by atoms with E-state index in [4.69, 9.17) is 9.72 Å². The lowest BCUT2D eigenvalue weighted by Gasteiger charge is -2.18. The maximum absolute atomic E-state index is 12.3. The normalized spacial score (nSPS) is 17.6. The van der Waals surface area contributed by atoms with Crippen molar-refractivity contribution < 1.29 is 9.53 Å². The zero-order valence-corrected chi connectivity index (χ0v) is 15.2. The van der Waals surface area contributed by atoms with Crippen molar-refractivity contribution in [1.29, 1.82) is 0 Å². The number of likely N-dealkylation sites (tertiary alicyclic amines) is 1. The quantitative estimate of drug-likeness (QED) is 0.815. The first-order chi connectivity index (χ1) is 12.1. The van der Waals surface area contributed by atoms with Crippen LogP contribution in [-0.4, -0.2) is 58.8 Å². The highest BCUT2D eigenvalue weighted by Gasteiger charge is 2.31. The van der Waals surface area contributed by atoms with Crippen LogP contribution in [0, 0.1) is 5.92 Å². The van der Waals surface area contributed by atoms with Crippen molar-refractivity contribution in [3.63, 3.8) is 0 Å². The van der Waals surface area contributed by atoms with Gasteiger partial charge in [0.05, 0.1) is 23.8 Å². The molecule has 1 fully saturated rings. The first-order valence-electron chi connectivity index (χ1n) is 8.92. The Bertz CT molecular complexity index is 727. The van der Waals surface area contributed by atoms with Crippen LogP contribution in [0.25, 0.3) is 11.0 Å². The topological polar surface area (TPSA) is 72.3 Å². The Labute approximate surface area is 148 Å². The largest absolute Gasteiger partial charge is 0.383 e. The lowest BCUT2D eigenvalue weighted by atomic mass is 10.1. The number of carbonyl (C=O) groups is 1. The van der Waals surface area contributed by atoms with E-state index in [0.717, 1.165) is 36.4 Å². The van der Waals surface area contributed by atoms with Crippen molar-refractivity contribution in [3.05, 3.63) is 24.3 Å². The van der Waals surface area contributed by atoms with Crippen LogP contribution in [0.3, 0.4) is 0 Å². The van der Waals surface area contributed by atoms with E-state index in [1.165, 1.54) is 0 Å². The summed E-state index contributed by atoms with van der Waals surface area (Å²) in [5.41, 5.74) is 2.06. The minimum Gasteiger partial charge on any atom is -0.383 e. The van der Waals surface area contributed by atoms with Crippen molar-refractivity contribution in [2.75, 3.05) is 33.4 Å². The third-order valence-electron chi connectivity index (χ3n) is 4.55. The number of urea groups is 1. The Kier molecular flexibility index (Phi) is 5.53. The van der Waals surface area contributed by atoms with E-state index in [1.54, 1.807) is 13.3 Å². The lowest BCUT2D eigenvalue weighted by molar-refractivity contribution is 0.184. The molecule has 7 nitrogen and oxygen atoms in total. The van der Waals surface area contributed by atoms with Crippen LogP contribution in [-0.2, 0) is 11.3 Å². The number of fused-ring (bicyclic) bond motifs is 1. The van der Waals surface area contributed by atoms with E-state index in [0.29, 0.717) is 25.6 Å². The molecular weight excluding hydrogens is 318 g/mol. The van der Waals surface area contributed by atoms with Gasteiger partial charge >= 0.3 is 6.03 Å². The summed E-state index contributed by atoms with van der Waals surface area (Å²) in [6.45, 7) is 7.84. The minimum absolute atomic E-state index is 0.0206. The molecule has 1 atom stereocenters. The van der Waals surface area contributed by atoms with Gasteiger partial charge in [-0.1, -0.05) is 13.8 Å². The molecule has 25 heavy (non-hydrogen) atoms. The molecule has 0 aromatic carbocycles. The Morgan fingerprint density at radius 1 is 1.48 bits per heavy atom. The molecule has 0 saturated carbocycles. The first-order valence-corrected chi connectivity index (χ1v) is 8.92. The summed E-state index contributed by atoms with van der Waals surface area (Å²) in [5, 5.41) is 2.90. The van der Waals surface area contributed by atoms with Crippen molar-refractivity contribution >= 4 is 17.1 Å². The molecule has 2 amide bonds. The summed E-state index contributed by atoms with van der Waals surface area (Å²) in [6.07, 6.45) is 4.61. The van der Waals surface area contributed by atoms with Crippen LogP contribution < -0.4 is 5.32 Å². The summed E-state index contributed by atoms with van der Waals surface area (Å²) >= 11 is 0. The molecule has 2 aromatic rings. The zero-order chi connectivity index (χ0) is 17.8. The van der Waals surface area contributed by atoms with Crippen LogP contribution >= 0.6 is 0 Å². The molecule has 1 saturated heterocycles. The molecule has 1 N–H and O–H groups in total. The molecule has 1 aliphatic heterocycles. The van der Waals surface area contributed by atoms with E-state index in [2.05, 4.69) is 28.7 Å². The van der Waals surface area contributed by atoms with Gasteiger partial charge < -0.3 is 19.5 Å². The van der Waals surface area contributed by atoms with Gasteiger partial charge in [0.2, 0.25) is 0 Å². The number of pyridine rings is 1. The molecule has 136 valence electrons. The van der Waals surface area contributed by atoms with E-state index in [-0.39, 0.29) is 11.9 Å². The molecule has 0 radical (unpaired) electrons. The highest BCUT2D eigenvalue weighted by atomic mass is 16.5. The molecule has 0 bridgehead atoms. The molecule has 0 aliphatic carbocycles. The van der Waals surface area contributed by atoms with Gasteiger partial charge in [-0.15, -0.1) is 0 Å². The molecule has 1 unspecified atom stereocenters. The Balaban J connectivity index is 1.77. The van der Waals surface area contributed by atoms with Gasteiger partial charge in [-0.2, -0.15) is 0 Å². The predicted octanol–water partition coefficient (Wildman–Crippen LogP) is 2.23. The standard InChI is InChI=1S/C18H27N5O2/c1-13(2)11-23-16-10-19-6-4-15(16)21-17(23)14-5-8-22(12-14)18(24)20-7-9-25-3/h4,6,10,13-14H,5,7-9,11-12H2,1-3H3,(H,20,24). The number of aromatic nitrogens is 3. The van der Waals surface area contributed by atoms with Crippen LogP contribution in [0.1, 0.15) is 32.0 Å². The van der Waals surface area contributed by atoms with E-state index >= 15 is 0 Å². The fourth-order valence-electron chi connectivity index (χ4n) is 3.38. The maximum Gasteiger partial charge on any atom is 0.317 e. The lowest BCUT2D eigenvalue weighted by Crippen LogP contribution is -2.39. The summed E-state index contributed by atoms with van der Waals surface area (Å²) < 4.78 is 7.26. The zero-order valence-electron chi connectivity index (χ0n) is 15.2. The highest BCUT2D eigenvalue weighted by molar-refractivity contribution is 5.76. The molecule has 1 aliphatic rings. The molecule has 2 aromatic heterocycles. The molecule has 0 spiro atoms. The average molecular weight is 345 g/mol. The van der Waals surface area contributed by atoms with Crippen molar-refractivity contribution in [2.24, 2.45) is 5.92 Å². The van der Waals surface area contributed by atoms with Crippen LogP contribution in [0.4, 0.5) is 4.79 Å². The summed E-state index contributed by atoms with van der Waals surface area (Å²) in [4.78, 5) is 23.2. The second-order valence-corrected chi connectivity index (χ2v) is 7.00. The summed E-state index contributed by atoms with van der Waals surface area (Å²) in [5.74, 6) is 1.86. The van der Waals surface area contributed by atoms with Crippen molar-refractivity contribution in [2.45, 2.75) is 32.7 Å². The predicted molar refractivity (Wildman–Crippen MR) is 96.6 cm³/mol. The van der Waals surface area contributed by atoms with Crippen molar-refractivity contribution in [1.82, 2.24) is 24.8 Å². The third-order valence-corrected chi connectivity index (χ3v) is 4.55. The number of amides is 2.